The van der Waals surface area contributed by atoms with Crippen LogP contribution in [0, 0.1) is 6.92 Å². The van der Waals surface area contributed by atoms with Gasteiger partial charge in [0, 0.05) is 8.95 Å². The van der Waals surface area contributed by atoms with Crippen LogP contribution in [0.3, 0.4) is 0 Å². The molecule has 9 heteroatoms. The molecule has 0 aliphatic carbocycles. The highest BCUT2D eigenvalue weighted by Gasteiger charge is 2.37. The molecule has 0 radical (unpaired) electrons. The summed E-state index contributed by atoms with van der Waals surface area (Å²) in [4.78, 5) is 39.3. The van der Waals surface area contributed by atoms with Crippen LogP contribution >= 0.6 is 31.9 Å². The number of benzene rings is 1. The fourth-order valence-corrected chi connectivity index (χ4v) is 3.46. The molecule has 7 nitrogen and oxygen atoms in total. The number of hydrogen-bond donors (Lipinski definition) is 0. The highest BCUT2D eigenvalue weighted by molar-refractivity contribution is 9.11. The predicted octanol–water partition coefficient (Wildman–Crippen LogP) is 6.37. The van der Waals surface area contributed by atoms with Crippen LogP contribution in [0.25, 0.3) is 0 Å². The Morgan fingerprint density at radius 2 is 1.41 bits per heavy atom. The second-order valence-corrected chi connectivity index (χ2v) is 9.86. The van der Waals surface area contributed by atoms with Crippen molar-refractivity contribution in [2.75, 3.05) is 11.5 Å². The fourth-order valence-electron chi connectivity index (χ4n) is 2.16. The number of amides is 2. The van der Waals surface area contributed by atoms with Gasteiger partial charge in [-0.05, 0) is 82.9 Å². The maximum Gasteiger partial charge on any atom is 0.424 e. The second kappa shape index (κ2) is 9.47. The zero-order valence-corrected chi connectivity index (χ0v) is 21.1. The summed E-state index contributed by atoms with van der Waals surface area (Å²) in [6.45, 7) is 13.6. The van der Waals surface area contributed by atoms with E-state index < -0.39 is 29.4 Å². The molecule has 0 aliphatic heterocycles. The number of esters is 1. The predicted molar refractivity (Wildman–Crippen MR) is 117 cm³/mol. The number of ether oxygens (including phenoxy) is 3. The van der Waals surface area contributed by atoms with Crippen molar-refractivity contribution in [3.05, 3.63) is 26.1 Å². The molecular formula is C20H27Br2NO6. The van der Waals surface area contributed by atoms with Crippen LogP contribution in [0.15, 0.2) is 15.0 Å². The van der Waals surface area contributed by atoms with Gasteiger partial charge in [-0.15, -0.1) is 0 Å². The summed E-state index contributed by atoms with van der Waals surface area (Å²) in [5.41, 5.74) is -1.08. The molecule has 0 aromatic heterocycles. The van der Waals surface area contributed by atoms with Crippen LogP contribution < -0.4 is 4.90 Å². The molecule has 0 atom stereocenters. The lowest BCUT2D eigenvalue weighted by Crippen LogP contribution is -2.44. The lowest BCUT2D eigenvalue weighted by molar-refractivity contribution is 0.0430. The quantitative estimate of drug-likeness (QED) is 0.329. The van der Waals surface area contributed by atoms with Crippen molar-refractivity contribution in [1.29, 1.82) is 0 Å². The molecule has 1 aromatic rings. The van der Waals surface area contributed by atoms with E-state index in [9.17, 15) is 14.4 Å². The Morgan fingerprint density at radius 3 is 1.79 bits per heavy atom. The van der Waals surface area contributed by atoms with Gasteiger partial charge in [-0.25, -0.2) is 14.4 Å². The molecule has 0 unspecified atom stereocenters. The molecular weight excluding hydrogens is 510 g/mol. The number of imide groups is 1. The first-order valence-electron chi connectivity index (χ1n) is 9.00. The summed E-state index contributed by atoms with van der Waals surface area (Å²) in [7, 11) is 0. The Labute approximate surface area is 188 Å². The third-order valence-corrected chi connectivity index (χ3v) is 5.09. The first-order chi connectivity index (χ1) is 13.1. The maximum absolute atomic E-state index is 13.0. The van der Waals surface area contributed by atoms with Crippen LogP contribution in [-0.2, 0) is 14.2 Å². The van der Waals surface area contributed by atoms with Crippen molar-refractivity contribution in [3.63, 3.8) is 0 Å². The van der Waals surface area contributed by atoms with E-state index in [-0.39, 0.29) is 17.9 Å². The molecule has 162 valence electrons. The lowest BCUT2D eigenvalue weighted by atomic mass is 10.1. The van der Waals surface area contributed by atoms with Crippen molar-refractivity contribution in [1.82, 2.24) is 0 Å². The van der Waals surface area contributed by atoms with Crippen molar-refractivity contribution >= 4 is 55.7 Å². The minimum Gasteiger partial charge on any atom is -0.462 e. The molecule has 1 aromatic carbocycles. The summed E-state index contributed by atoms with van der Waals surface area (Å²) in [5.74, 6) is -0.694. The minimum atomic E-state index is -0.972. The SMILES string of the molecule is CCOC(=O)c1cc(Br)c(C)c(Br)c1N(C(=O)OC(C)(C)C)C(=O)OC(C)(C)C. The normalized spacial score (nSPS) is 11.7. The van der Waals surface area contributed by atoms with Gasteiger partial charge in [0.15, 0.2) is 0 Å². The third kappa shape index (κ3) is 6.99. The van der Waals surface area contributed by atoms with Gasteiger partial charge in [-0.2, -0.15) is 4.90 Å². The summed E-state index contributed by atoms with van der Waals surface area (Å²) in [6, 6.07) is 1.50. The van der Waals surface area contributed by atoms with Crippen molar-refractivity contribution < 1.29 is 28.6 Å². The van der Waals surface area contributed by atoms with E-state index in [2.05, 4.69) is 31.9 Å². The molecule has 0 spiro atoms. The molecule has 0 aliphatic rings. The average molecular weight is 537 g/mol. The Morgan fingerprint density at radius 1 is 0.966 bits per heavy atom. The van der Waals surface area contributed by atoms with E-state index in [1.807, 2.05) is 0 Å². The van der Waals surface area contributed by atoms with Gasteiger partial charge in [0.05, 0.1) is 17.9 Å². The molecule has 0 saturated heterocycles. The molecule has 0 bridgehead atoms. The Hall–Kier alpha value is -1.61. The molecule has 0 saturated carbocycles. The van der Waals surface area contributed by atoms with Gasteiger partial charge >= 0.3 is 18.2 Å². The smallest absolute Gasteiger partial charge is 0.424 e. The van der Waals surface area contributed by atoms with E-state index in [4.69, 9.17) is 14.2 Å². The Kier molecular flexibility index (Phi) is 8.30. The van der Waals surface area contributed by atoms with Crippen LogP contribution in [0.1, 0.15) is 64.4 Å². The molecule has 0 N–H and O–H groups in total. The number of rotatable bonds is 3. The van der Waals surface area contributed by atoms with E-state index in [1.165, 1.54) is 6.07 Å². The highest BCUT2D eigenvalue weighted by Crippen LogP contribution is 2.39. The number of halogens is 2. The molecule has 1 rings (SSSR count). The summed E-state index contributed by atoms with van der Waals surface area (Å²) < 4.78 is 16.9. The number of carbonyl (C=O) groups excluding carboxylic acids is 3. The van der Waals surface area contributed by atoms with Gasteiger partial charge in [-0.1, -0.05) is 15.9 Å². The summed E-state index contributed by atoms with van der Waals surface area (Å²) in [6.07, 6.45) is -1.94. The Bertz CT molecular complexity index is 781. The van der Waals surface area contributed by atoms with Crippen LogP contribution in [0.2, 0.25) is 0 Å². The monoisotopic (exact) mass is 535 g/mol. The second-order valence-electron chi connectivity index (χ2n) is 8.21. The minimum absolute atomic E-state index is 0.00681. The summed E-state index contributed by atoms with van der Waals surface area (Å²) >= 11 is 6.79. The third-order valence-electron chi connectivity index (χ3n) is 3.29. The van der Waals surface area contributed by atoms with Crippen LogP contribution in [0.4, 0.5) is 15.3 Å². The van der Waals surface area contributed by atoms with Crippen molar-refractivity contribution in [2.45, 2.75) is 66.6 Å². The van der Waals surface area contributed by atoms with Crippen molar-refractivity contribution in [2.24, 2.45) is 0 Å². The first kappa shape index (κ1) is 25.4. The maximum atomic E-state index is 13.0. The fraction of sp³-hybridized carbons (Fsp3) is 0.550. The molecule has 0 heterocycles. The standard InChI is InChI=1S/C20H27Br2NO6/c1-9-27-16(24)12-10-13(21)11(2)14(22)15(12)23(17(25)28-19(3,4)5)18(26)29-20(6,7)8/h10H,9H2,1-8H3. The largest absolute Gasteiger partial charge is 0.462 e. The lowest BCUT2D eigenvalue weighted by Gasteiger charge is -2.30. The zero-order chi connectivity index (χ0) is 22.7. The highest BCUT2D eigenvalue weighted by atomic mass is 79.9. The summed E-state index contributed by atoms with van der Waals surface area (Å²) in [5, 5.41) is 0. The van der Waals surface area contributed by atoms with Gasteiger partial charge in [0.1, 0.15) is 11.2 Å². The van der Waals surface area contributed by atoms with E-state index >= 15 is 0 Å². The van der Waals surface area contributed by atoms with Crippen molar-refractivity contribution in [3.8, 4) is 0 Å². The van der Waals surface area contributed by atoms with Gasteiger partial charge in [0.25, 0.3) is 0 Å². The van der Waals surface area contributed by atoms with E-state index in [0.29, 0.717) is 19.4 Å². The average Bonchev–Trinajstić information content (AvgIpc) is 2.51. The number of anilines is 1. The molecule has 29 heavy (non-hydrogen) atoms. The van der Waals surface area contributed by atoms with Crippen LogP contribution in [0.5, 0.6) is 0 Å². The zero-order valence-electron chi connectivity index (χ0n) is 17.9. The number of nitrogens with zero attached hydrogens (tertiary/aromatic N) is 1. The number of hydrogen-bond acceptors (Lipinski definition) is 6. The van der Waals surface area contributed by atoms with Gasteiger partial charge in [-0.3, -0.25) is 0 Å². The van der Waals surface area contributed by atoms with E-state index in [0.717, 1.165) is 0 Å². The van der Waals surface area contributed by atoms with Crippen LogP contribution in [-0.4, -0.2) is 36.0 Å². The van der Waals surface area contributed by atoms with Gasteiger partial charge < -0.3 is 14.2 Å². The first-order valence-corrected chi connectivity index (χ1v) is 10.6. The van der Waals surface area contributed by atoms with E-state index in [1.54, 1.807) is 55.4 Å². The number of carbonyl (C=O) groups is 3. The van der Waals surface area contributed by atoms with Gasteiger partial charge in [0.2, 0.25) is 0 Å². The Balaban J connectivity index is 3.74. The molecule has 0 fully saturated rings. The molecule has 2 amide bonds. The topological polar surface area (TPSA) is 82.1 Å².